The molecule has 0 spiro atoms. The van der Waals surface area contributed by atoms with Gasteiger partial charge in [0.05, 0.1) is 5.69 Å². The van der Waals surface area contributed by atoms with Gasteiger partial charge in [0.25, 0.3) is 5.91 Å². The molecule has 0 bridgehead atoms. The molecule has 0 aromatic carbocycles. The SMILES string of the molecule is Cc1[nH]nc(C(=O)Nc2nc3c(s2)CCCC3)c1C(=O)O. The van der Waals surface area contributed by atoms with Gasteiger partial charge in [0, 0.05) is 10.6 Å². The third-order valence-electron chi connectivity index (χ3n) is 3.44. The number of aromatic nitrogens is 3. The number of aryl methyl sites for hydroxylation is 3. The van der Waals surface area contributed by atoms with Gasteiger partial charge in [-0.05, 0) is 32.6 Å². The normalized spacial score (nSPS) is 13.8. The van der Waals surface area contributed by atoms with Crippen LogP contribution in [0.3, 0.4) is 0 Å². The number of amides is 1. The number of hydrogen-bond donors (Lipinski definition) is 3. The van der Waals surface area contributed by atoms with Crippen molar-refractivity contribution in [3.05, 3.63) is 27.5 Å². The molecule has 1 aliphatic rings. The van der Waals surface area contributed by atoms with Gasteiger partial charge in [-0.25, -0.2) is 9.78 Å². The van der Waals surface area contributed by atoms with Gasteiger partial charge in [-0.1, -0.05) is 0 Å². The van der Waals surface area contributed by atoms with Crippen LogP contribution >= 0.6 is 11.3 Å². The first-order chi connectivity index (χ1) is 10.1. The predicted octanol–water partition coefficient (Wildman–Crippen LogP) is 2.00. The second kappa shape index (κ2) is 5.28. The van der Waals surface area contributed by atoms with E-state index in [9.17, 15) is 9.59 Å². The number of anilines is 1. The third-order valence-corrected chi connectivity index (χ3v) is 4.52. The summed E-state index contributed by atoms with van der Waals surface area (Å²) in [6.07, 6.45) is 4.19. The first kappa shape index (κ1) is 13.7. The molecule has 21 heavy (non-hydrogen) atoms. The molecule has 7 nitrogen and oxygen atoms in total. The van der Waals surface area contributed by atoms with Crippen LogP contribution < -0.4 is 5.32 Å². The highest BCUT2D eigenvalue weighted by Gasteiger charge is 2.24. The van der Waals surface area contributed by atoms with Gasteiger partial charge >= 0.3 is 5.97 Å². The van der Waals surface area contributed by atoms with E-state index in [-0.39, 0.29) is 11.3 Å². The lowest BCUT2D eigenvalue weighted by molar-refractivity contribution is 0.0692. The Morgan fingerprint density at radius 2 is 2.10 bits per heavy atom. The van der Waals surface area contributed by atoms with Gasteiger partial charge in [0.15, 0.2) is 10.8 Å². The number of aromatic amines is 1. The molecule has 0 saturated carbocycles. The van der Waals surface area contributed by atoms with E-state index in [4.69, 9.17) is 5.11 Å². The quantitative estimate of drug-likeness (QED) is 0.804. The van der Waals surface area contributed by atoms with Gasteiger partial charge in [-0.3, -0.25) is 15.2 Å². The van der Waals surface area contributed by atoms with Crippen molar-refractivity contribution in [3.63, 3.8) is 0 Å². The van der Waals surface area contributed by atoms with Crippen LogP contribution in [0, 0.1) is 6.92 Å². The average molecular weight is 306 g/mol. The van der Waals surface area contributed by atoms with Crippen molar-refractivity contribution >= 4 is 28.3 Å². The topological polar surface area (TPSA) is 108 Å². The molecule has 0 aliphatic heterocycles. The van der Waals surface area contributed by atoms with Crippen LogP contribution in [0.5, 0.6) is 0 Å². The van der Waals surface area contributed by atoms with Crippen LogP contribution in [-0.2, 0) is 12.8 Å². The molecule has 1 amide bonds. The van der Waals surface area contributed by atoms with E-state index < -0.39 is 11.9 Å². The summed E-state index contributed by atoms with van der Waals surface area (Å²) in [6, 6.07) is 0. The molecule has 0 radical (unpaired) electrons. The zero-order chi connectivity index (χ0) is 15.0. The molecule has 0 saturated heterocycles. The van der Waals surface area contributed by atoms with Crippen molar-refractivity contribution in [2.75, 3.05) is 5.32 Å². The molecule has 8 heteroatoms. The number of rotatable bonds is 3. The number of carbonyl (C=O) groups excluding carboxylic acids is 1. The summed E-state index contributed by atoms with van der Waals surface area (Å²) in [5, 5.41) is 18.6. The van der Waals surface area contributed by atoms with Gasteiger partial charge < -0.3 is 5.11 Å². The Balaban J connectivity index is 1.83. The maximum Gasteiger partial charge on any atom is 0.340 e. The minimum absolute atomic E-state index is 0.103. The van der Waals surface area contributed by atoms with Gasteiger partial charge in [-0.2, -0.15) is 5.10 Å². The summed E-state index contributed by atoms with van der Waals surface area (Å²) in [7, 11) is 0. The summed E-state index contributed by atoms with van der Waals surface area (Å²) in [4.78, 5) is 28.9. The Morgan fingerprint density at radius 3 is 2.81 bits per heavy atom. The number of hydrogen-bond acceptors (Lipinski definition) is 5. The molecule has 2 aromatic heterocycles. The summed E-state index contributed by atoms with van der Waals surface area (Å²) < 4.78 is 0. The van der Waals surface area contributed by atoms with E-state index in [1.165, 1.54) is 16.2 Å². The monoisotopic (exact) mass is 306 g/mol. The van der Waals surface area contributed by atoms with Gasteiger partial charge in [0.2, 0.25) is 0 Å². The van der Waals surface area contributed by atoms with Crippen LogP contribution in [0.25, 0.3) is 0 Å². The number of nitrogens with one attached hydrogen (secondary N) is 2. The van der Waals surface area contributed by atoms with Crippen LogP contribution in [0.2, 0.25) is 0 Å². The van der Waals surface area contributed by atoms with E-state index in [1.807, 2.05) is 0 Å². The van der Waals surface area contributed by atoms with E-state index in [0.29, 0.717) is 10.8 Å². The summed E-state index contributed by atoms with van der Waals surface area (Å²) in [6.45, 7) is 1.56. The molecular formula is C13H14N4O3S. The van der Waals surface area contributed by atoms with E-state index in [2.05, 4.69) is 20.5 Å². The number of fused-ring (bicyclic) bond motifs is 1. The van der Waals surface area contributed by atoms with Crippen LogP contribution in [0.1, 0.15) is 50.0 Å². The second-order valence-electron chi connectivity index (χ2n) is 4.93. The van der Waals surface area contributed by atoms with Crippen LogP contribution in [0.4, 0.5) is 5.13 Å². The maximum atomic E-state index is 12.2. The second-order valence-corrected chi connectivity index (χ2v) is 6.01. The molecule has 3 N–H and O–H groups in total. The van der Waals surface area contributed by atoms with Crippen molar-refractivity contribution in [3.8, 4) is 0 Å². The van der Waals surface area contributed by atoms with Crippen molar-refractivity contribution in [1.82, 2.24) is 15.2 Å². The lowest BCUT2D eigenvalue weighted by Crippen LogP contribution is -2.16. The zero-order valence-corrected chi connectivity index (χ0v) is 12.2. The number of thiazole rings is 1. The minimum atomic E-state index is -1.18. The third kappa shape index (κ3) is 2.54. The number of carboxylic acids is 1. The summed E-state index contributed by atoms with van der Waals surface area (Å²) >= 11 is 1.45. The average Bonchev–Trinajstić information content (AvgIpc) is 3.01. The number of aromatic carboxylic acids is 1. The molecule has 110 valence electrons. The van der Waals surface area contributed by atoms with E-state index >= 15 is 0 Å². The van der Waals surface area contributed by atoms with Crippen LogP contribution in [-0.4, -0.2) is 32.2 Å². The fourth-order valence-corrected chi connectivity index (χ4v) is 3.46. The highest BCUT2D eigenvalue weighted by atomic mass is 32.1. The Labute approximate surface area is 124 Å². The molecule has 0 unspecified atom stereocenters. The molecule has 3 rings (SSSR count). The Bertz CT molecular complexity index is 696. The fourth-order valence-electron chi connectivity index (χ4n) is 2.42. The molecule has 1 aliphatic carbocycles. The standard InChI is InChI=1S/C13H14N4O3S/c1-6-9(12(19)20)10(17-16-6)11(18)15-13-14-7-4-2-3-5-8(7)21-13/h2-5H2,1H3,(H,16,17)(H,19,20)(H,14,15,18). The maximum absolute atomic E-state index is 12.2. The summed E-state index contributed by atoms with van der Waals surface area (Å²) in [5.41, 5.74) is 1.17. The highest BCUT2D eigenvalue weighted by molar-refractivity contribution is 7.15. The number of carbonyl (C=O) groups is 2. The van der Waals surface area contributed by atoms with Crippen LogP contribution in [0.15, 0.2) is 0 Å². The van der Waals surface area contributed by atoms with E-state index in [1.54, 1.807) is 6.92 Å². The Kier molecular flexibility index (Phi) is 3.46. The molecular weight excluding hydrogens is 292 g/mol. The summed E-state index contributed by atoms with van der Waals surface area (Å²) in [5.74, 6) is -1.73. The first-order valence-electron chi connectivity index (χ1n) is 6.64. The molecule has 2 aromatic rings. The number of carboxylic acid groups (broad SMARTS) is 1. The van der Waals surface area contributed by atoms with Crippen molar-refractivity contribution in [2.45, 2.75) is 32.6 Å². The molecule has 0 fully saturated rings. The van der Waals surface area contributed by atoms with Gasteiger partial charge in [0.1, 0.15) is 5.56 Å². The number of H-pyrrole nitrogens is 1. The smallest absolute Gasteiger partial charge is 0.340 e. The molecule has 2 heterocycles. The highest BCUT2D eigenvalue weighted by Crippen LogP contribution is 2.29. The lowest BCUT2D eigenvalue weighted by atomic mass is 10.0. The van der Waals surface area contributed by atoms with Crippen molar-refractivity contribution in [2.24, 2.45) is 0 Å². The Morgan fingerprint density at radius 1 is 1.33 bits per heavy atom. The van der Waals surface area contributed by atoms with Crippen molar-refractivity contribution in [1.29, 1.82) is 0 Å². The first-order valence-corrected chi connectivity index (χ1v) is 7.46. The predicted molar refractivity (Wildman–Crippen MR) is 77.0 cm³/mol. The minimum Gasteiger partial charge on any atom is -0.478 e. The van der Waals surface area contributed by atoms with E-state index in [0.717, 1.165) is 31.4 Å². The Hall–Kier alpha value is -2.22. The fraction of sp³-hybridized carbons (Fsp3) is 0.385. The van der Waals surface area contributed by atoms with Crippen molar-refractivity contribution < 1.29 is 14.7 Å². The zero-order valence-electron chi connectivity index (χ0n) is 11.4. The largest absolute Gasteiger partial charge is 0.478 e. The van der Waals surface area contributed by atoms with Gasteiger partial charge in [-0.15, -0.1) is 11.3 Å². The molecule has 0 atom stereocenters. The number of nitrogens with zero attached hydrogens (tertiary/aromatic N) is 2. The lowest BCUT2D eigenvalue weighted by Gasteiger charge is -2.06.